The van der Waals surface area contributed by atoms with E-state index in [0.29, 0.717) is 0 Å². The summed E-state index contributed by atoms with van der Waals surface area (Å²) in [5.41, 5.74) is 0. The van der Waals surface area contributed by atoms with E-state index in [4.69, 9.17) is 0 Å². The Morgan fingerprint density at radius 2 is 1.82 bits per heavy atom. The van der Waals surface area contributed by atoms with Crippen LogP contribution < -0.4 is 0 Å². The van der Waals surface area contributed by atoms with Crippen LogP contribution in [0.15, 0.2) is 0 Å². The van der Waals surface area contributed by atoms with E-state index in [0.717, 1.165) is 12.0 Å². The van der Waals surface area contributed by atoms with Crippen LogP contribution in [0.2, 0.25) is 0 Å². The van der Waals surface area contributed by atoms with Crippen molar-refractivity contribution in [2.45, 2.75) is 46.1 Å². The average molecular weight is 155 g/mol. The molecule has 0 aliphatic heterocycles. The Bertz CT molecular complexity index is 107. The topological polar surface area (TPSA) is 3.24 Å². The van der Waals surface area contributed by atoms with Crippen LogP contribution in [0.25, 0.3) is 0 Å². The molecule has 0 aromatic heterocycles. The molecule has 1 aliphatic rings. The molecule has 0 aromatic rings. The minimum absolute atomic E-state index is 0.903. The summed E-state index contributed by atoms with van der Waals surface area (Å²) in [5, 5.41) is 0. The molecule has 0 spiro atoms. The number of hydrogen-bond donors (Lipinski definition) is 0. The first-order chi connectivity index (χ1) is 5.27. The van der Waals surface area contributed by atoms with Crippen molar-refractivity contribution in [1.82, 2.24) is 4.90 Å². The van der Waals surface area contributed by atoms with Crippen molar-refractivity contribution < 1.29 is 0 Å². The van der Waals surface area contributed by atoms with Crippen LogP contribution in [0, 0.1) is 5.92 Å². The van der Waals surface area contributed by atoms with Gasteiger partial charge in [-0.25, -0.2) is 0 Å². The number of nitrogens with zero attached hydrogens (tertiary/aromatic N) is 1. The normalized spacial score (nSPS) is 31.6. The van der Waals surface area contributed by atoms with Crippen LogP contribution >= 0.6 is 0 Å². The molecule has 2 unspecified atom stereocenters. The summed E-state index contributed by atoms with van der Waals surface area (Å²) in [6.45, 7) is 9.38. The lowest BCUT2D eigenvalue weighted by atomic mass is 10.1. The van der Waals surface area contributed by atoms with Crippen LogP contribution in [-0.4, -0.2) is 24.0 Å². The number of hydrogen-bond acceptors (Lipinski definition) is 1. The smallest absolute Gasteiger partial charge is 0.00976 e. The quantitative estimate of drug-likeness (QED) is 0.605. The summed E-state index contributed by atoms with van der Waals surface area (Å²) in [4.78, 5) is 2.60. The predicted octanol–water partition coefficient (Wildman–Crippen LogP) is 2.52. The highest BCUT2D eigenvalue weighted by Gasteiger charge is 2.24. The van der Waals surface area contributed by atoms with Crippen LogP contribution in [0.3, 0.4) is 0 Å². The molecule has 1 rings (SSSR count). The zero-order chi connectivity index (χ0) is 8.27. The van der Waals surface area contributed by atoms with Gasteiger partial charge in [-0.2, -0.15) is 0 Å². The fourth-order valence-electron chi connectivity index (χ4n) is 2.25. The molecule has 0 saturated heterocycles. The molecular weight excluding hydrogens is 134 g/mol. The molecule has 1 aliphatic carbocycles. The first-order valence-corrected chi connectivity index (χ1v) is 5.02. The Morgan fingerprint density at radius 3 is 2.18 bits per heavy atom. The second-order valence-electron chi connectivity index (χ2n) is 3.79. The molecule has 0 radical (unpaired) electrons. The standard InChI is InChI=1S/C10H21N/c1-4-11(5-2)10-7-6-9(3)8-10/h9-10H,4-8H2,1-3H3. The highest BCUT2D eigenvalue weighted by molar-refractivity contribution is 4.79. The molecular formula is C10H21N. The summed E-state index contributed by atoms with van der Waals surface area (Å²) in [7, 11) is 0. The highest BCUT2D eigenvalue weighted by Crippen LogP contribution is 2.28. The van der Waals surface area contributed by atoms with Crippen LogP contribution in [0.1, 0.15) is 40.0 Å². The fraction of sp³-hybridized carbons (Fsp3) is 1.00. The van der Waals surface area contributed by atoms with Crippen LogP contribution in [0.4, 0.5) is 0 Å². The Morgan fingerprint density at radius 1 is 1.18 bits per heavy atom. The molecule has 0 heterocycles. The second kappa shape index (κ2) is 4.10. The molecule has 0 aromatic carbocycles. The molecule has 66 valence electrons. The first kappa shape index (κ1) is 9.05. The maximum Gasteiger partial charge on any atom is 0.00976 e. The van der Waals surface area contributed by atoms with Crippen molar-refractivity contribution in [1.29, 1.82) is 0 Å². The lowest BCUT2D eigenvalue weighted by Crippen LogP contribution is -2.32. The van der Waals surface area contributed by atoms with E-state index >= 15 is 0 Å². The van der Waals surface area contributed by atoms with E-state index in [1.54, 1.807) is 0 Å². The predicted molar refractivity (Wildman–Crippen MR) is 49.7 cm³/mol. The van der Waals surface area contributed by atoms with E-state index in [2.05, 4.69) is 25.7 Å². The Balaban J connectivity index is 2.34. The van der Waals surface area contributed by atoms with Crippen molar-refractivity contribution in [2.24, 2.45) is 5.92 Å². The van der Waals surface area contributed by atoms with E-state index < -0.39 is 0 Å². The first-order valence-electron chi connectivity index (χ1n) is 5.02. The second-order valence-corrected chi connectivity index (χ2v) is 3.79. The molecule has 0 amide bonds. The molecule has 1 fully saturated rings. The van der Waals surface area contributed by atoms with Gasteiger partial charge in [0.05, 0.1) is 0 Å². The van der Waals surface area contributed by atoms with Gasteiger partial charge in [0.15, 0.2) is 0 Å². The lowest BCUT2D eigenvalue weighted by molar-refractivity contribution is 0.216. The third-order valence-electron chi connectivity index (χ3n) is 3.00. The van der Waals surface area contributed by atoms with Gasteiger partial charge in [0.25, 0.3) is 0 Å². The van der Waals surface area contributed by atoms with Crippen LogP contribution in [0.5, 0.6) is 0 Å². The Labute approximate surface area is 70.8 Å². The molecule has 1 nitrogen and oxygen atoms in total. The SMILES string of the molecule is CCN(CC)C1CCC(C)C1. The largest absolute Gasteiger partial charge is 0.301 e. The average Bonchev–Trinajstić information content (AvgIpc) is 2.39. The molecule has 2 atom stereocenters. The van der Waals surface area contributed by atoms with Crippen molar-refractivity contribution in [2.75, 3.05) is 13.1 Å². The van der Waals surface area contributed by atoms with Gasteiger partial charge in [0, 0.05) is 6.04 Å². The van der Waals surface area contributed by atoms with Gasteiger partial charge in [0.1, 0.15) is 0 Å². The monoisotopic (exact) mass is 155 g/mol. The summed E-state index contributed by atoms with van der Waals surface area (Å²) < 4.78 is 0. The van der Waals surface area contributed by atoms with Crippen molar-refractivity contribution in [3.63, 3.8) is 0 Å². The summed E-state index contributed by atoms with van der Waals surface area (Å²) in [6.07, 6.45) is 4.31. The Kier molecular flexibility index (Phi) is 3.38. The summed E-state index contributed by atoms with van der Waals surface area (Å²) >= 11 is 0. The van der Waals surface area contributed by atoms with E-state index in [1.165, 1.54) is 32.4 Å². The summed E-state index contributed by atoms with van der Waals surface area (Å²) in [6, 6.07) is 0.903. The molecule has 1 heteroatoms. The van der Waals surface area contributed by atoms with Crippen molar-refractivity contribution in [3.05, 3.63) is 0 Å². The van der Waals surface area contributed by atoms with E-state index in [9.17, 15) is 0 Å². The molecule has 11 heavy (non-hydrogen) atoms. The van der Waals surface area contributed by atoms with E-state index in [1.807, 2.05) is 0 Å². The van der Waals surface area contributed by atoms with E-state index in [-0.39, 0.29) is 0 Å². The highest BCUT2D eigenvalue weighted by atomic mass is 15.1. The molecule has 1 saturated carbocycles. The minimum atomic E-state index is 0.903. The van der Waals surface area contributed by atoms with Gasteiger partial charge < -0.3 is 4.90 Å². The number of rotatable bonds is 3. The molecule has 0 N–H and O–H groups in total. The lowest BCUT2D eigenvalue weighted by Gasteiger charge is -2.25. The van der Waals surface area contributed by atoms with Gasteiger partial charge in [-0.15, -0.1) is 0 Å². The van der Waals surface area contributed by atoms with Crippen molar-refractivity contribution in [3.8, 4) is 0 Å². The maximum atomic E-state index is 2.60. The van der Waals surface area contributed by atoms with Gasteiger partial charge in [0.2, 0.25) is 0 Å². The van der Waals surface area contributed by atoms with Gasteiger partial charge >= 0.3 is 0 Å². The fourth-order valence-corrected chi connectivity index (χ4v) is 2.25. The van der Waals surface area contributed by atoms with Crippen LogP contribution in [-0.2, 0) is 0 Å². The third kappa shape index (κ3) is 2.19. The van der Waals surface area contributed by atoms with Gasteiger partial charge in [-0.05, 0) is 38.3 Å². The van der Waals surface area contributed by atoms with Crippen molar-refractivity contribution >= 4 is 0 Å². The third-order valence-corrected chi connectivity index (χ3v) is 3.00. The zero-order valence-corrected chi connectivity index (χ0v) is 8.14. The van der Waals surface area contributed by atoms with Gasteiger partial charge in [-0.3, -0.25) is 0 Å². The molecule has 0 bridgehead atoms. The van der Waals surface area contributed by atoms with Gasteiger partial charge in [-0.1, -0.05) is 20.8 Å². The minimum Gasteiger partial charge on any atom is -0.301 e. The summed E-state index contributed by atoms with van der Waals surface area (Å²) in [5.74, 6) is 0.973. The zero-order valence-electron chi connectivity index (χ0n) is 8.14. The maximum absolute atomic E-state index is 2.60. The Hall–Kier alpha value is -0.0400.